The Balaban J connectivity index is 1.52. The molecule has 2 heterocycles. The highest BCUT2D eigenvalue weighted by molar-refractivity contribution is 7.89. The molecular formula is C13H20N4O2S. The van der Waals surface area contributed by atoms with Crippen molar-refractivity contribution < 1.29 is 8.42 Å². The number of nitrogens with zero attached hydrogens (tertiary/aromatic N) is 1. The standard InChI is InChI=1S/C13H20N4O2S/c18-20(19,8-5-10-1-2-10)17-13-9-12(15-16-13)11-3-6-14-7-4-11/h3-4,6-7,10,12-13,15-17H,1-2,5,8-9H2. The number of nitrogens with one attached hydrogen (secondary N) is 3. The molecule has 1 aromatic heterocycles. The fourth-order valence-electron chi connectivity index (χ4n) is 2.45. The molecule has 2 atom stereocenters. The molecule has 0 bridgehead atoms. The van der Waals surface area contributed by atoms with Gasteiger partial charge in [0.15, 0.2) is 0 Å². The van der Waals surface area contributed by atoms with Crippen LogP contribution >= 0.6 is 0 Å². The molecule has 3 rings (SSSR count). The third-order valence-electron chi connectivity index (χ3n) is 3.83. The number of hydrogen-bond donors (Lipinski definition) is 3. The van der Waals surface area contributed by atoms with Gasteiger partial charge in [-0.15, -0.1) is 0 Å². The van der Waals surface area contributed by atoms with E-state index >= 15 is 0 Å². The van der Waals surface area contributed by atoms with E-state index < -0.39 is 10.0 Å². The average molecular weight is 296 g/mol. The van der Waals surface area contributed by atoms with Crippen molar-refractivity contribution in [3.63, 3.8) is 0 Å². The van der Waals surface area contributed by atoms with Crippen molar-refractivity contribution in [1.29, 1.82) is 0 Å². The average Bonchev–Trinajstić information content (AvgIpc) is 3.17. The summed E-state index contributed by atoms with van der Waals surface area (Å²) >= 11 is 0. The summed E-state index contributed by atoms with van der Waals surface area (Å²) in [6.07, 6.45) is 7.06. The fourth-order valence-corrected chi connectivity index (χ4v) is 3.80. The molecule has 0 aromatic carbocycles. The number of hydrazine groups is 1. The van der Waals surface area contributed by atoms with Crippen LogP contribution in [-0.2, 0) is 10.0 Å². The summed E-state index contributed by atoms with van der Waals surface area (Å²) in [4.78, 5) is 3.98. The van der Waals surface area contributed by atoms with Crippen LogP contribution in [-0.4, -0.2) is 25.3 Å². The minimum atomic E-state index is -3.19. The van der Waals surface area contributed by atoms with Gasteiger partial charge in [-0.3, -0.25) is 4.98 Å². The van der Waals surface area contributed by atoms with E-state index in [4.69, 9.17) is 0 Å². The first-order chi connectivity index (χ1) is 9.62. The Morgan fingerprint density at radius 3 is 2.70 bits per heavy atom. The van der Waals surface area contributed by atoms with Crippen LogP contribution < -0.4 is 15.6 Å². The van der Waals surface area contributed by atoms with Crippen molar-refractivity contribution in [2.24, 2.45) is 5.92 Å². The van der Waals surface area contributed by atoms with E-state index in [1.54, 1.807) is 12.4 Å². The van der Waals surface area contributed by atoms with Crippen LogP contribution in [0.4, 0.5) is 0 Å². The molecule has 110 valence electrons. The quantitative estimate of drug-likeness (QED) is 0.718. The third-order valence-corrected chi connectivity index (χ3v) is 5.24. The summed E-state index contributed by atoms with van der Waals surface area (Å²) in [5, 5.41) is 0. The first-order valence-corrected chi connectivity index (χ1v) is 8.68. The zero-order valence-corrected chi connectivity index (χ0v) is 12.1. The maximum Gasteiger partial charge on any atom is 0.212 e. The van der Waals surface area contributed by atoms with Crippen molar-refractivity contribution in [2.75, 3.05) is 5.75 Å². The Hall–Kier alpha value is -1.02. The molecule has 2 unspecified atom stereocenters. The lowest BCUT2D eigenvalue weighted by atomic mass is 10.1. The first kappa shape index (κ1) is 13.9. The van der Waals surface area contributed by atoms with Crippen LogP contribution in [0.1, 0.15) is 37.3 Å². The maximum atomic E-state index is 12.0. The van der Waals surface area contributed by atoms with E-state index in [2.05, 4.69) is 20.6 Å². The van der Waals surface area contributed by atoms with E-state index in [-0.39, 0.29) is 18.0 Å². The minimum Gasteiger partial charge on any atom is -0.265 e. The molecule has 3 N–H and O–H groups in total. The summed E-state index contributed by atoms with van der Waals surface area (Å²) in [5.41, 5.74) is 7.23. The molecule has 1 aromatic rings. The smallest absolute Gasteiger partial charge is 0.212 e. The molecule has 0 spiro atoms. The molecule has 1 saturated carbocycles. The van der Waals surface area contributed by atoms with Crippen LogP contribution in [0.3, 0.4) is 0 Å². The monoisotopic (exact) mass is 296 g/mol. The number of rotatable bonds is 6. The summed E-state index contributed by atoms with van der Waals surface area (Å²) in [6.45, 7) is 0. The van der Waals surface area contributed by atoms with Gasteiger partial charge in [0.25, 0.3) is 0 Å². The van der Waals surface area contributed by atoms with Gasteiger partial charge in [0.2, 0.25) is 10.0 Å². The molecule has 0 radical (unpaired) electrons. The van der Waals surface area contributed by atoms with Gasteiger partial charge >= 0.3 is 0 Å². The minimum absolute atomic E-state index is 0.106. The molecule has 2 fully saturated rings. The van der Waals surface area contributed by atoms with Crippen LogP contribution in [0.5, 0.6) is 0 Å². The van der Waals surface area contributed by atoms with Gasteiger partial charge in [-0.2, -0.15) is 4.72 Å². The molecule has 1 aliphatic carbocycles. The second-order valence-corrected chi connectivity index (χ2v) is 7.45. The van der Waals surface area contributed by atoms with Crippen LogP contribution in [0.25, 0.3) is 0 Å². The number of hydrogen-bond acceptors (Lipinski definition) is 5. The predicted octanol–water partition coefficient (Wildman–Crippen LogP) is 0.666. The van der Waals surface area contributed by atoms with Crippen LogP contribution in [0, 0.1) is 5.92 Å². The highest BCUT2D eigenvalue weighted by Crippen LogP contribution is 2.32. The normalized spacial score (nSPS) is 26.8. The first-order valence-electron chi connectivity index (χ1n) is 7.03. The summed E-state index contributed by atoms with van der Waals surface area (Å²) in [7, 11) is -3.19. The van der Waals surface area contributed by atoms with Crippen molar-refractivity contribution in [2.45, 2.75) is 37.9 Å². The molecule has 1 aliphatic heterocycles. The van der Waals surface area contributed by atoms with E-state index in [1.165, 1.54) is 12.8 Å². The van der Waals surface area contributed by atoms with E-state index in [9.17, 15) is 8.42 Å². The summed E-state index contributed by atoms with van der Waals surface area (Å²) < 4.78 is 26.7. The van der Waals surface area contributed by atoms with Crippen molar-refractivity contribution in [3.05, 3.63) is 30.1 Å². The predicted molar refractivity (Wildman–Crippen MR) is 75.9 cm³/mol. The Bertz CT molecular complexity index is 545. The molecule has 7 heteroatoms. The Morgan fingerprint density at radius 1 is 1.25 bits per heavy atom. The lowest BCUT2D eigenvalue weighted by molar-refractivity contribution is 0.503. The molecule has 1 saturated heterocycles. The Labute approximate surface area is 119 Å². The zero-order chi connectivity index (χ0) is 14.0. The van der Waals surface area contributed by atoms with Crippen molar-refractivity contribution >= 4 is 10.0 Å². The van der Waals surface area contributed by atoms with Gasteiger partial charge in [0.1, 0.15) is 0 Å². The van der Waals surface area contributed by atoms with Crippen molar-refractivity contribution in [3.8, 4) is 0 Å². The SMILES string of the molecule is O=S(=O)(CCC1CC1)NC1CC(c2ccncc2)NN1. The van der Waals surface area contributed by atoms with Crippen molar-refractivity contribution in [1.82, 2.24) is 20.6 Å². The summed E-state index contributed by atoms with van der Waals surface area (Å²) in [5.74, 6) is 0.862. The van der Waals surface area contributed by atoms with Crippen LogP contribution in [0.2, 0.25) is 0 Å². The highest BCUT2D eigenvalue weighted by atomic mass is 32.2. The van der Waals surface area contributed by atoms with Gasteiger partial charge in [-0.05, 0) is 36.5 Å². The zero-order valence-electron chi connectivity index (χ0n) is 11.2. The van der Waals surface area contributed by atoms with Gasteiger partial charge in [-0.1, -0.05) is 12.8 Å². The molecular weight excluding hydrogens is 276 g/mol. The summed E-state index contributed by atoms with van der Waals surface area (Å²) in [6, 6.07) is 3.97. The Kier molecular flexibility index (Phi) is 4.02. The molecule has 0 amide bonds. The second kappa shape index (κ2) is 5.77. The highest BCUT2D eigenvalue weighted by Gasteiger charge is 2.29. The topological polar surface area (TPSA) is 83.1 Å². The second-order valence-electron chi connectivity index (χ2n) is 5.58. The lowest BCUT2D eigenvalue weighted by Gasteiger charge is -2.12. The van der Waals surface area contributed by atoms with E-state index in [0.29, 0.717) is 12.3 Å². The molecule has 6 nitrogen and oxygen atoms in total. The number of sulfonamides is 1. The number of aromatic nitrogens is 1. The van der Waals surface area contributed by atoms with Gasteiger partial charge in [-0.25, -0.2) is 19.3 Å². The third kappa shape index (κ3) is 3.76. The van der Waals surface area contributed by atoms with Gasteiger partial charge in [0.05, 0.1) is 11.9 Å². The van der Waals surface area contributed by atoms with E-state index in [1.807, 2.05) is 12.1 Å². The number of pyridine rings is 1. The molecule has 2 aliphatic rings. The van der Waals surface area contributed by atoms with Gasteiger partial charge in [0, 0.05) is 18.4 Å². The maximum absolute atomic E-state index is 12.0. The largest absolute Gasteiger partial charge is 0.265 e. The fraction of sp³-hybridized carbons (Fsp3) is 0.615. The Morgan fingerprint density at radius 2 is 2.00 bits per heavy atom. The lowest BCUT2D eigenvalue weighted by Crippen LogP contribution is -2.44. The van der Waals surface area contributed by atoms with E-state index in [0.717, 1.165) is 12.0 Å². The molecule has 20 heavy (non-hydrogen) atoms. The van der Waals surface area contributed by atoms with Crippen LogP contribution in [0.15, 0.2) is 24.5 Å². The van der Waals surface area contributed by atoms with Gasteiger partial charge < -0.3 is 0 Å².